The van der Waals surface area contributed by atoms with Crippen molar-refractivity contribution in [2.75, 3.05) is 13.1 Å². The molecule has 0 unspecified atom stereocenters. The van der Waals surface area contributed by atoms with Crippen LogP contribution in [-0.4, -0.2) is 37.0 Å². The maximum absolute atomic E-state index is 13.5. The van der Waals surface area contributed by atoms with Crippen molar-refractivity contribution in [3.05, 3.63) is 67.6 Å². The predicted octanol–water partition coefficient (Wildman–Crippen LogP) is 4.93. The third-order valence-electron chi connectivity index (χ3n) is 6.38. The van der Waals surface area contributed by atoms with Crippen LogP contribution in [-0.2, 0) is 21.4 Å². The van der Waals surface area contributed by atoms with Crippen LogP contribution in [0.5, 0.6) is 0 Å². The van der Waals surface area contributed by atoms with Crippen LogP contribution in [0.1, 0.15) is 36.8 Å². The van der Waals surface area contributed by atoms with Gasteiger partial charge in [-0.3, -0.25) is 9.59 Å². The minimum atomic E-state index is -0.783. The fraction of sp³-hybridized carbons (Fsp3) is 0.417. The summed E-state index contributed by atoms with van der Waals surface area (Å²) in [5.74, 6) is -0.443. The van der Waals surface area contributed by atoms with Crippen molar-refractivity contribution < 1.29 is 9.59 Å². The Balaban J connectivity index is 1.55. The van der Waals surface area contributed by atoms with E-state index in [4.69, 9.17) is 46.4 Å². The number of piperidine rings is 1. The van der Waals surface area contributed by atoms with Crippen LogP contribution in [0, 0.1) is 0 Å². The molecule has 1 aliphatic carbocycles. The Morgan fingerprint density at radius 3 is 2.21 bits per heavy atom. The molecule has 1 saturated carbocycles. The fourth-order valence-corrected chi connectivity index (χ4v) is 5.38. The second-order valence-electron chi connectivity index (χ2n) is 8.71. The van der Waals surface area contributed by atoms with Crippen LogP contribution in [0.3, 0.4) is 0 Å². The van der Waals surface area contributed by atoms with E-state index in [9.17, 15) is 9.59 Å². The van der Waals surface area contributed by atoms with Crippen LogP contribution >= 0.6 is 46.4 Å². The van der Waals surface area contributed by atoms with E-state index in [1.807, 2.05) is 0 Å². The highest BCUT2D eigenvalue weighted by Crippen LogP contribution is 2.51. The highest BCUT2D eigenvalue weighted by atomic mass is 35.5. The Morgan fingerprint density at radius 2 is 1.61 bits per heavy atom. The van der Waals surface area contributed by atoms with Crippen LogP contribution in [0.15, 0.2) is 36.4 Å². The molecule has 2 amide bonds. The molecular weight excluding hydrogens is 504 g/mol. The van der Waals surface area contributed by atoms with Gasteiger partial charge in [0, 0.05) is 32.6 Å². The minimum absolute atomic E-state index is 0.0689. The first kappa shape index (κ1) is 24.6. The summed E-state index contributed by atoms with van der Waals surface area (Å²) in [4.78, 5) is 26.7. The van der Waals surface area contributed by atoms with E-state index in [0.29, 0.717) is 32.9 Å². The summed E-state index contributed by atoms with van der Waals surface area (Å²) in [6.07, 6.45) is 3.26. The smallest absolute Gasteiger partial charge is 0.243 e. The normalized spacial score (nSPS) is 18.4. The monoisotopic (exact) mass is 527 g/mol. The highest BCUT2D eigenvalue weighted by Gasteiger charge is 2.53. The zero-order valence-electron chi connectivity index (χ0n) is 17.9. The zero-order valence-corrected chi connectivity index (χ0v) is 20.9. The Bertz CT molecular complexity index is 1050. The number of halogens is 4. The number of carbonyl (C=O) groups excluding carboxylic acids is 2. The Kier molecular flexibility index (Phi) is 7.76. The van der Waals surface area contributed by atoms with Crippen LogP contribution in [0.2, 0.25) is 20.1 Å². The number of nitrogens with one attached hydrogen (secondary N) is 3. The third kappa shape index (κ3) is 5.77. The molecule has 1 saturated heterocycles. The van der Waals surface area contributed by atoms with Crippen LogP contribution in [0.25, 0.3) is 0 Å². The van der Waals surface area contributed by atoms with E-state index in [-0.39, 0.29) is 24.3 Å². The summed E-state index contributed by atoms with van der Waals surface area (Å²) in [7, 11) is 0. The molecule has 2 fully saturated rings. The van der Waals surface area contributed by atoms with Gasteiger partial charge in [-0.1, -0.05) is 58.5 Å². The van der Waals surface area contributed by atoms with E-state index < -0.39 is 11.5 Å². The van der Waals surface area contributed by atoms with Gasteiger partial charge < -0.3 is 16.0 Å². The Morgan fingerprint density at radius 1 is 0.970 bits per heavy atom. The quantitative estimate of drug-likeness (QED) is 0.477. The van der Waals surface area contributed by atoms with E-state index in [1.54, 1.807) is 36.4 Å². The molecule has 3 N–H and O–H groups in total. The van der Waals surface area contributed by atoms with Gasteiger partial charge in [0.05, 0.1) is 5.41 Å². The van der Waals surface area contributed by atoms with Gasteiger partial charge in [0.25, 0.3) is 0 Å². The van der Waals surface area contributed by atoms with Gasteiger partial charge in [-0.15, -0.1) is 0 Å². The van der Waals surface area contributed by atoms with Crippen LogP contribution in [0.4, 0.5) is 0 Å². The lowest BCUT2D eigenvalue weighted by Crippen LogP contribution is -2.54. The average molecular weight is 529 g/mol. The van der Waals surface area contributed by atoms with Crippen molar-refractivity contribution in [2.45, 2.75) is 49.6 Å². The lowest BCUT2D eigenvalue weighted by molar-refractivity contribution is -0.130. The molecule has 1 atom stereocenters. The molecule has 0 bridgehead atoms. The molecular formula is C24H25Cl4N3O2. The van der Waals surface area contributed by atoms with E-state index in [0.717, 1.165) is 37.1 Å². The summed E-state index contributed by atoms with van der Waals surface area (Å²) in [5.41, 5.74) is 0.716. The summed E-state index contributed by atoms with van der Waals surface area (Å²) < 4.78 is 0. The molecule has 4 rings (SSSR count). The van der Waals surface area contributed by atoms with E-state index in [1.165, 1.54) is 0 Å². The molecule has 9 heteroatoms. The molecule has 0 spiro atoms. The largest absolute Gasteiger partial charge is 0.351 e. The van der Waals surface area contributed by atoms with Crippen molar-refractivity contribution in [2.24, 2.45) is 0 Å². The van der Waals surface area contributed by atoms with Crippen LogP contribution < -0.4 is 16.0 Å². The molecule has 2 aromatic carbocycles. The van der Waals surface area contributed by atoms with Crippen molar-refractivity contribution in [1.82, 2.24) is 16.0 Å². The number of hydrogen-bond donors (Lipinski definition) is 3. The SMILES string of the molecule is O=C(NC1CCNCC1)[C@H](Cc1ccc(Cl)cc1Cl)NC(=O)C1(c2ccc(Cl)cc2Cl)CC1. The fourth-order valence-electron chi connectivity index (χ4n) is 4.30. The van der Waals surface area contributed by atoms with Gasteiger partial charge in [0.1, 0.15) is 6.04 Å². The molecule has 1 aliphatic heterocycles. The standard InChI is InChI=1S/C24H25Cl4N3O2/c25-15-2-1-14(19(27)12-15)11-21(22(32)30-17-5-9-29-10-6-17)31-23(33)24(7-8-24)18-4-3-16(26)13-20(18)28/h1-4,12-13,17,21,29H,5-11H2,(H,30,32)(H,31,33)/t21-/m0/s1. The third-order valence-corrected chi connectivity index (χ3v) is 7.51. The van der Waals surface area contributed by atoms with E-state index in [2.05, 4.69) is 16.0 Å². The number of benzene rings is 2. The van der Waals surface area contributed by atoms with Gasteiger partial charge in [0.2, 0.25) is 11.8 Å². The second kappa shape index (κ2) is 10.4. The van der Waals surface area contributed by atoms with Gasteiger partial charge in [-0.05, 0) is 74.2 Å². The maximum atomic E-state index is 13.5. The van der Waals surface area contributed by atoms with Crippen molar-refractivity contribution in [3.8, 4) is 0 Å². The lowest BCUT2D eigenvalue weighted by atomic mass is 9.93. The maximum Gasteiger partial charge on any atom is 0.243 e. The molecule has 176 valence electrons. The van der Waals surface area contributed by atoms with E-state index >= 15 is 0 Å². The van der Waals surface area contributed by atoms with Crippen molar-refractivity contribution in [1.29, 1.82) is 0 Å². The molecule has 0 aromatic heterocycles. The van der Waals surface area contributed by atoms with Crippen molar-refractivity contribution >= 4 is 58.2 Å². The number of amides is 2. The molecule has 33 heavy (non-hydrogen) atoms. The molecule has 5 nitrogen and oxygen atoms in total. The van der Waals surface area contributed by atoms with Gasteiger partial charge in [-0.2, -0.15) is 0 Å². The number of hydrogen-bond acceptors (Lipinski definition) is 3. The summed E-state index contributed by atoms with van der Waals surface area (Å²) in [5, 5.41) is 11.3. The zero-order chi connectivity index (χ0) is 23.6. The molecule has 1 heterocycles. The van der Waals surface area contributed by atoms with Gasteiger partial charge >= 0.3 is 0 Å². The summed E-state index contributed by atoms with van der Waals surface area (Å²) in [6, 6.07) is 9.59. The van der Waals surface area contributed by atoms with Gasteiger partial charge in [-0.25, -0.2) is 0 Å². The first-order chi connectivity index (χ1) is 15.8. The first-order valence-electron chi connectivity index (χ1n) is 11.0. The highest BCUT2D eigenvalue weighted by molar-refractivity contribution is 6.35. The molecule has 2 aliphatic rings. The summed E-state index contributed by atoms with van der Waals surface area (Å²) in [6.45, 7) is 1.70. The minimum Gasteiger partial charge on any atom is -0.351 e. The van der Waals surface area contributed by atoms with Crippen molar-refractivity contribution in [3.63, 3.8) is 0 Å². The topological polar surface area (TPSA) is 70.2 Å². The molecule has 0 radical (unpaired) electrons. The first-order valence-corrected chi connectivity index (χ1v) is 12.5. The second-order valence-corrected chi connectivity index (χ2v) is 10.4. The lowest BCUT2D eigenvalue weighted by Gasteiger charge is -2.28. The Hall–Kier alpha value is -1.50. The van der Waals surface area contributed by atoms with Gasteiger partial charge in [0.15, 0.2) is 0 Å². The number of rotatable bonds is 7. The molecule has 2 aromatic rings. The average Bonchev–Trinajstić information content (AvgIpc) is 3.57. The predicted molar refractivity (Wildman–Crippen MR) is 134 cm³/mol. The Labute approximate surface area is 213 Å². The summed E-state index contributed by atoms with van der Waals surface area (Å²) >= 11 is 24.9. The number of carbonyl (C=O) groups is 2.